The van der Waals surface area contributed by atoms with Crippen LogP contribution in [-0.2, 0) is 4.74 Å². The smallest absolute Gasteiger partial charge is 0.338 e. The Kier molecular flexibility index (Phi) is 4.30. The standard InChI is InChI=1S/C20H20N2O2/c1-5-24-20(23)17-13(3)10-15-11-21-19(22-18(15)14(17)4)16-9-7-6-8-12(16)2/h6-11H,5H2,1-4H3. The van der Waals surface area contributed by atoms with Crippen LogP contribution >= 0.6 is 0 Å². The summed E-state index contributed by atoms with van der Waals surface area (Å²) >= 11 is 0. The molecule has 0 amide bonds. The van der Waals surface area contributed by atoms with Crippen LogP contribution in [0.3, 0.4) is 0 Å². The monoisotopic (exact) mass is 320 g/mol. The van der Waals surface area contributed by atoms with Gasteiger partial charge >= 0.3 is 5.97 Å². The highest BCUT2D eigenvalue weighted by molar-refractivity contribution is 5.99. The van der Waals surface area contributed by atoms with Crippen LogP contribution in [0.4, 0.5) is 0 Å². The number of carbonyl (C=O) groups excluding carboxylic acids is 1. The van der Waals surface area contributed by atoms with Gasteiger partial charge in [-0.25, -0.2) is 14.8 Å². The molecule has 0 aliphatic carbocycles. The Morgan fingerprint density at radius 2 is 1.88 bits per heavy atom. The predicted octanol–water partition coefficient (Wildman–Crippen LogP) is 4.40. The molecule has 0 N–H and O–H groups in total. The van der Waals surface area contributed by atoms with Gasteiger partial charge in [0.1, 0.15) is 0 Å². The van der Waals surface area contributed by atoms with Gasteiger partial charge in [-0.3, -0.25) is 0 Å². The predicted molar refractivity (Wildman–Crippen MR) is 95.1 cm³/mol. The summed E-state index contributed by atoms with van der Waals surface area (Å²) in [5.41, 5.74) is 5.21. The maximum absolute atomic E-state index is 12.3. The molecular weight excluding hydrogens is 300 g/mol. The first-order valence-electron chi connectivity index (χ1n) is 8.03. The van der Waals surface area contributed by atoms with Crippen LogP contribution in [0.2, 0.25) is 0 Å². The lowest BCUT2D eigenvalue weighted by atomic mass is 9.99. The van der Waals surface area contributed by atoms with E-state index in [9.17, 15) is 4.79 Å². The Labute approximate surface area is 141 Å². The molecule has 0 unspecified atom stereocenters. The summed E-state index contributed by atoms with van der Waals surface area (Å²) in [6.07, 6.45) is 1.82. The van der Waals surface area contributed by atoms with Crippen LogP contribution < -0.4 is 0 Å². The average Bonchev–Trinajstić information content (AvgIpc) is 2.55. The fraction of sp³-hybridized carbons (Fsp3) is 0.250. The molecule has 3 rings (SSSR count). The van der Waals surface area contributed by atoms with Gasteiger partial charge < -0.3 is 4.74 Å². The van der Waals surface area contributed by atoms with Gasteiger partial charge in [-0.15, -0.1) is 0 Å². The molecule has 3 aromatic rings. The maximum atomic E-state index is 12.3. The first kappa shape index (κ1) is 16.1. The zero-order valence-corrected chi connectivity index (χ0v) is 14.4. The Morgan fingerprint density at radius 3 is 2.58 bits per heavy atom. The van der Waals surface area contributed by atoms with Crippen molar-refractivity contribution in [2.75, 3.05) is 6.61 Å². The Bertz CT molecular complexity index is 932. The summed E-state index contributed by atoms with van der Waals surface area (Å²) in [4.78, 5) is 21.5. The third-order valence-corrected chi connectivity index (χ3v) is 4.18. The van der Waals surface area contributed by atoms with Crippen molar-refractivity contribution < 1.29 is 9.53 Å². The van der Waals surface area contributed by atoms with E-state index >= 15 is 0 Å². The number of esters is 1. The van der Waals surface area contributed by atoms with Crippen LogP contribution in [-0.4, -0.2) is 22.5 Å². The average molecular weight is 320 g/mol. The van der Waals surface area contributed by atoms with Crippen molar-refractivity contribution >= 4 is 16.9 Å². The van der Waals surface area contributed by atoms with Crippen molar-refractivity contribution in [3.63, 3.8) is 0 Å². The zero-order chi connectivity index (χ0) is 17.3. The first-order valence-corrected chi connectivity index (χ1v) is 8.03. The summed E-state index contributed by atoms with van der Waals surface area (Å²) in [5, 5.41) is 0.926. The van der Waals surface area contributed by atoms with Crippen molar-refractivity contribution in [3.8, 4) is 11.4 Å². The third-order valence-electron chi connectivity index (χ3n) is 4.18. The normalized spacial score (nSPS) is 10.8. The van der Waals surface area contributed by atoms with Gasteiger partial charge in [-0.2, -0.15) is 0 Å². The summed E-state index contributed by atoms with van der Waals surface area (Å²) in [6.45, 7) is 8.02. The topological polar surface area (TPSA) is 52.1 Å². The minimum Gasteiger partial charge on any atom is -0.462 e. The number of carbonyl (C=O) groups is 1. The summed E-state index contributed by atoms with van der Waals surface area (Å²) in [5.74, 6) is 0.368. The number of fused-ring (bicyclic) bond motifs is 1. The van der Waals surface area contributed by atoms with Crippen molar-refractivity contribution in [3.05, 3.63) is 58.8 Å². The second kappa shape index (κ2) is 6.40. The van der Waals surface area contributed by atoms with E-state index in [1.165, 1.54) is 0 Å². The minimum absolute atomic E-state index is 0.301. The van der Waals surface area contributed by atoms with E-state index in [0.29, 0.717) is 18.0 Å². The Hall–Kier alpha value is -2.75. The molecule has 0 spiro atoms. The molecule has 0 fully saturated rings. The van der Waals surface area contributed by atoms with Crippen molar-refractivity contribution in [2.24, 2.45) is 0 Å². The van der Waals surface area contributed by atoms with Crippen molar-refractivity contribution in [1.82, 2.24) is 9.97 Å². The number of aryl methyl sites for hydroxylation is 3. The van der Waals surface area contributed by atoms with Crippen LogP contribution in [0.1, 0.15) is 34.0 Å². The van der Waals surface area contributed by atoms with Gasteiger partial charge in [0.15, 0.2) is 5.82 Å². The number of rotatable bonds is 3. The molecule has 0 saturated carbocycles. The van der Waals surface area contributed by atoms with E-state index in [4.69, 9.17) is 9.72 Å². The van der Waals surface area contributed by atoms with Gasteiger partial charge in [-0.05, 0) is 50.5 Å². The molecule has 0 saturated heterocycles. The number of aromatic nitrogens is 2. The summed E-state index contributed by atoms with van der Waals surface area (Å²) in [6, 6.07) is 9.95. The Balaban J connectivity index is 2.22. The van der Waals surface area contributed by atoms with Crippen LogP contribution in [0.5, 0.6) is 0 Å². The molecule has 1 aromatic heterocycles. The quantitative estimate of drug-likeness (QED) is 0.671. The van der Waals surface area contributed by atoms with E-state index in [1.807, 2.05) is 64.2 Å². The summed E-state index contributed by atoms with van der Waals surface area (Å²) in [7, 11) is 0. The molecule has 0 radical (unpaired) electrons. The molecule has 0 atom stereocenters. The highest BCUT2D eigenvalue weighted by Crippen LogP contribution is 2.27. The lowest BCUT2D eigenvalue weighted by Crippen LogP contribution is -2.10. The van der Waals surface area contributed by atoms with E-state index in [0.717, 1.165) is 33.2 Å². The number of hydrogen-bond acceptors (Lipinski definition) is 4. The number of ether oxygens (including phenoxy) is 1. The van der Waals surface area contributed by atoms with Gasteiger partial charge in [0.25, 0.3) is 0 Å². The van der Waals surface area contributed by atoms with E-state index in [-0.39, 0.29) is 5.97 Å². The molecule has 4 nitrogen and oxygen atoms in total. The molecule has 0 aliphatic rings. The van der Waals surface area contributed by atoms with Gasteiger partial charge in [0.05, 0.1) is 17.7 Å². The summed E-state index contributed by atoms with van der Waals surface area (Å²) < 4.78 is 5.19. The molecule has 24 heavy (non-hydrogen) atoms. The van der Waals surface area contributed by atoms with E-state index in [1.54, 1.807) is 0 Å². The highest BCUT2D eigenvalue weighted by Gasteiger charge is 2.18. The second-order valence-electron chi connectivity index (χ2n) is 5.86. The molecule has 122 valence electrons. The fourth-order valence-electron chi connectivity index (χ4n) is 2.99. The molecule has 1 heterocycles. The number of nitrogens with zero attached hydrogens (tertiary/aromatic N) is 2. The lowest BCUT2D eigenvalue weighted by Gasteiger charge is -2.12. The molecule has 0 bridgehead atoms. The van der Waals surface area contributed by atoms with Gasteiger partial charge in [-0.1, -0.05) is 24.3 Å². The zero-order valence-electron chi connectivity index (χ0n) is 14.4. The molecule has 2 aromatic carbocycles. The maximum Gasteiger partial charge on any atom is 0.338 e. The second-order valence-corrected chi connectivity index (χ2v) is 5.86. The molecular formula is C20H20N2O2. The van der Waals surface area contributed by atoms with Gasteiger partial charge in [0.2, 0.25) is 0 Å². The SMILES string of the molecule is CCOC(=O)c1c(C)cc2cnc(-c3ccccc3C)nc2c1C. The van der Waals surface area contributed by atoms with Crippen molar-refractivity contribution in [2.45, 2.75) is 27.7 Å². The Morgan fingerprint density at radius 1 is 1.12 bits per heavy atom. The van der Waals surface area contributed by atoms with Crippen LogP contribution in [0.15, 0.2) is 36.5 Å². The largest absolute Gasteiger partial charge is 0.462 e. The van der Waals surface area contributed by atoms with Gasteiger partial charge in [0, 0.05) is 17.1 Å². The van der Waals surface area contributed by atoms with Crippen molar-refractivity contribution in [1.29, 1.82) is 0 Å². The number of benzene rings is 2. The minimum atomic E-state index is -0.301. The third kappa shape index (κ3) is 2.75. The first-order chi connectivity index (χ1) is 11.5. The molecule has 0 aliphatic heterocycles. The lowest BCUT2D eigenvalue weighted by molar-refractivity contribution is 0.0525. The van der Waals surface area contributed by atoms with Crippen LogP contribution in [0, 0.1) is 20.8 Å². The van der Waals surface area contributed by atoms with E-state index in [2.05, 4.69) is 4.98 Å². The number of hydrogen-bond donors (Lipinski definition) is 0. The molecule has 4 heteroatoms. The fourth-order valence-corrected chi connectivity index (χ4v) is 2.99. The van der Waals surface area contributed by atoms with E-state index < -0.39 is 0 Å². The van der Waals surface area contributed by atoms with Crippen LogP contribution in [0.25, 0.3) is 22.3 Å². The highest BCUT2D eigenvalue weighted by atomic mass is 16.5.